The van der Waals surface area contributed by atoms with E-state index in [1.165, 1.54) is 0 Å². The Morgan fingerprint density at radius 2 is 1.95 bits per heavy atom. The molecule has 0 aliphatic heterocycles. The van der Waals surface area contributed by atoms with Gasteiger partial charge in [0, 0.05) is 29.2 Å². The molecule has 22 heavy (non-hydrogen) atoms. The number of nitrogens with one attached hydrogen (secondary N) is 1. The van der Waals surface area contributed by atoms with Crippen molar-refractivity contribution in [3.05, 3.63) is 59.4 Å². The molecule has 2 rings (SSSR count). The molecule has 1 heterocycles. The van der Waals surface area contributed by atoms with Crippen LogP contribution in [0.5, 0.6) is 0 Å². The zero-order valence-corrected chi connectivity index (χ0v) is 16.2. The number of aldehydes is 1. The Hall–Kier alpha value is -1.03. The van der Waals surface area contributed by atoms with Gasteiger partial charge in [-0.2, -0.15) is 0 Å². The van der Waals surface area contributed by atoms with Crippen molar-refractivity contribution >= 4 is 62.9 Å². The highest BCUT2D eigenvalue weighted by molar-refractivity contribution is 14.2. The molecule has 0 bridgehead atoms. The number of ketones is 1. The van der Waals surface area contributed by atoms with Gasteiger partial charge >= 0.3 is 0 Å². The van der Waals surface area contributed by atoms with Crippen molar-refractivity contribution in [1.29, 1.82) is 0 Å². The third kappa shape index (κ3) is 4.25. The van der Waals surface area contributed by atoms with Crippen molar-refractivity contribution in [3.8, 4) is 0 Å². The van der Waals surface area contributed by atoms with E-state index < -0.39 is 0 Å². The highest BCUT2D eigenvalue weighted by atomic mass is 127. The van der Waals surface area contributed by atoms with E-state index in [9.17, 15) is 9.59 Å². The molecule has 1 aromatic carbocycles. The molecule has 2 aromatic rings. The van der Waals surface area contributed by atoms with E-state index in [0.29, 0.717) is 16.8 Å². The SMILES string of the molecule is CC(I)(I)c1ccc(NCC=O)c(C(=O)c2ccncc2)c1. The van der Waals surface area contributed by atoms with Gasteiger partial charge in [0.25, 0.3) is 0 Å². The first-order valence-electron chi connectivity index (χ1n) is 6.58. The fraction of sp³-hybridized carbons (Fsp3) is 0.188. The normalized spacial score (nSPS) is 11.0. The summed E-state index contributed by atoms with van der Waals surface area (Å²) in [6.45, 7) is 2.24. The lowest BCUT2D eigenvalue weighted by Crippen LogP contribution is -2.12. The summed E-state index contributed by atoms with van der Waals surface area (Å²) < 4.78 is -0.119. The largest absolute Gasteiger partial charge is 0.378 e. The molecular weight excluding hydrogens is 506 g/mol. The maximum Gasteiger partial charge on any atom is 0.195 e. The van der Waals surface area contributed by atoms with Gasteiger partial charge in [-0.25, -0.2) is 0 Å². The minimum atomic E-state index is -0.119. The molecule has 0 saturated carbocycles. The van der Waals surface area contributed by atoms with Crippen LogP contribution in [-0.4, -0.2) is 23.6 Å². The first-order valence-corrected chi connectivity index (χ1v) is 8.74. The number of alkyl halides is 2. The zero-order valence-electron chi connectivity index (χ0n) is 11.8. The molecule has 1 N–H and O–H groups in total. The molecule has 1 aromatic heterocycles. The standard InChI is InChI=1S/C16H14I2N2O2/c1-16(17,18)12-2-3-14(20-8-9-21)13(10-12)15(22)11-4-6-19-7-5-11/h2-7,9-10,20H,8H2,1H3. The number of carbonyl (C=O) groups is 2. The van der Waals surface area contributed by atoms with E-state index in [1.54, 1.807) is 24.5 Å². The molecule has 0 fully saturated rings. The Morgan fingerprint density at radius 1 is 1.27 bits per heavy atom. The molecule has 0 aliphatic rings. The summed E-state index contributed by atoms with van der Waals surface area (Å²) in [6, 6.07) is 9.07. The molecule has 0 unspecified atom stereocenters. The Balaban J connectivity index is 2.49. The van der Waals surface area contributed by atoms with Crippen molar-refractivity contribution in [1.82, 2.24) is 4.98 Å². The van der Waals surface area contributed by atoms with Crippen LogP contribution in [0.4, 0.5) is 5.69 Å². The summed E-state index contributed by atoms with van der Waals surface area (Å²) in [5.41, 5.74) is 2.84. The lowest BCUT2D eigenvalue weighted by atomic mass is 9.99. The van der Waals surface area contributed by atoms with Crippen LogP contribution in [-0.2, 0) is 6.22 Å². The summed E-state index contributed by atoms with van der Waals surface area (Å²) >= 11 is 4.65. The molecule has 6 heteroatoms. The number of anilines is 1. The molecule has 0 aliphatic carbocycles. The number of hydrogen-bond donors (Lipinski definition) is 1. The van der Waals surface area contributed by atoms with Crippen molar-refractivity contribution in [2.24, 2.45) is 0 Å². The number of carbonyl (C=O) groups excluding carboxylic acids is 2. The number of halogens is 2. The molecule has 0 amide bonds. The van der Waals surface area contributed by atoms with Crippen LogP contribution in [0.2, 0.25) is 0 Å². The van der Waals surface area contributed by atoms with Gasteiger partial charge in [0.15, 0.2) is 5.78 Å². The van der Waals surface area contributed by atoms with Crippen molar-refractivity contribution in [2.75, 3.05) is 11.9 Å². The molecule has 0 radical (unpaired) electrons. The van der Waals surface area contributed by atoms with Gasteiger partial charge in [0.2, 0.25) is 0 Å². The van der Waals surface area contributed by atoms with Gasteiger partial charge in [-0.15, -0.1) is 0 Å². The zero-order chi connectivity index (χ0) is 16.2. The molecule has 114 valence electrons. The second-order valence-electron chi connectivity index (χ2n) is 4.76. The molecular formula is C16H14I2N2O2. The van der Waals surface area contributed by atoms with Crippen LogP contribution < -0.4 is 5.32 Å². The minimum absolute atomic E-state index is 0.0882. The second-order valence-corrected chi connectivity index (χ2v) is 11.1. The van der Waals surface area contributed by atoms with Crippen LogP contribution in [0.3, 0.4) is 0 Å². The molecule has 4 nitrogen and oxygen atoms in total. The van der Waals surface area contributed by atoms with E-state index in [2.05, 4.69) is 62.4 Å². The van der Waals surface area contributed by atoms with Gasteiger partial charge in [-0.05, 0) is 36.8 Å². The smallest absolute Gasteiger partial charge is 0.195 e. The summed E-state index contributed by atoms with van der Waals surface area (Å²) in [5.74, 6) is -0.0882. The quantitative estimate of drug-likeness (QED) is 0.271. The Morgan fingerprint density at radius 3 is 2.55 bits per heavy atom. The third-order valence-corrected chi connectivity index (χ3v) is 4.34. The number of nitrogens with zero attached hydrogens (tertiary/aromatic N) is 1. The van der Waals surface area contributed by atoms with Crippen molar-refractivity contribution in [3.63, 3.8) is 0 Å². The molecule has 0 spiro atoms. The van der Waals surface area contributed by atoms with E-state index >= 15 is 0 Å². The van der Waals surface area contributed by atoms with Crippen molar-refractivity contribution in [2.45, 2.75) is 8.35 Å². The monoisotopic (exact) mass is 520 g/mol. The van der Waals surface area contributed by atoms with Crippen LogP contribution in [0.25, 0.3) is 0 Å². The Kier molecular flexibility index (Phi) is 5.90. The van der Waals surface area contributed by atoms with Gasteiger partial charge in [-0.3, -0.25) is 9.78 Å². The summed E-state index contributed by atoms with van der Waals surface area (Å²) in [7, 11) is 0. The number of aromatic nitrogens is 1. The highest BCUT2D eigenvalue weighted by Gasteiger charge is 2.22. The van der Waals surface area contributed by atoms with Gasteiger partial charge in [0.1, 0.15) is 6.29 Å². The third-order valence-electron chi connectivity index (χ3n) is 3.09. The first-order chi connectivity index (χ1) is 10.4. The second kappa shape index (κ2) is 7.49. The predicted octanol–water partition coefficient (Wildman–Crippen LogP) is 3.97. The van der Waals surface area contributed by atoms with E-state index in [1.807, 2.05) is 18.2 Å². The number of benzene rings is 1. The number of hydrogen-bond acceptors (Lipinski definition) is 4. The Bertz CT molecular complexity index is 682. The highest BCUT2D eigenvalue weighted by Crippen LogP contribution is 2.40. The van der Waals surface area contributed by atoms with Crippen LogP contribution in [0.15, 0.2) is 42.7 Å². The van der Waals surface area contributed by atoms with Crippen LogP contribution in [0.1, 0.15) is 28.4 Å². The van der Waals surface area contributed by atoms with Gasteiger partial charge < -0.3 is 10.1 Å². The fourth-order valence-corrected chi connectivity index (χ4v) is 2.64. The minimum Gasteiger partial charge on any atom is -0.378 e. The Labute approximate surface area is 156 Å². The van der Waals surface area contributed by atoms with E-state index in [4.69, 9.17) is 0 Å². The lowest BCUT2D eigenvalue weighted by Gasteiger charge is -2.18. The van der Waals surface area contributed by atoms with Gasteiger partial charge in [0.05, 0.1) is 7.97 Å². The average Bonchev–Trinajstić information content (AvgIpc) is 2.52. The predicted molar refractivity (Wildman–Crippen MR) is 104 cm³/mol. The summed E-state index contributed by atoms with van der Waals surface area (Å²) in [4.78, 5) is 27.3. The summed E-state index contributed by atoms with van der Waals surface area (Å²) in [6.07, 6.45) is 3.96. The van der Waals surface area contributed by atoms with Gasteiger partial charge in [-0.1, -0.05) is 51.2 Å². The van der Waals surface area contributed by atoms with Crippen LogP contribution >= 0.6 is 45.2 Å². The van der Waals surface area contributed by atoms with E-state index in [-0.39, 0.29) is 13.8 Å². The average molecular weight is 520 g/mol. The topological polar surface area (TPSA) is 59.1 Å². The molecule has 0 atom stereocenters. The number of rotatable bonds is 6. The maximum atomic E-state index is 12.7. The first kappa shape index (κ1) is 17.3. The molecule has 0 saturated heterocycles. The fourth-order valence-electron chi connectivity index (χ4n) is 1.97. The van der Waals surface area contributed by atoms with Crippen LogP contribution in [0, 0.1) is 0 Å². The van der Waals surface area contributed by atoms with E-state index in [0.717, 1.165) is 11.8 Å². The van der Waals surface area contributed by atoms with Crippen molar-refractivity contribution < 1.29 is 9.59 Å². The lowest BCUT2D eigenvalue weighted by molar-refractivity contribution is -0.106. The number of pyridine rings is 1. The summed E-state index contributed by atoms with van der Waals surface area (Å²) in [5, 5.41) is 2.98. The maximum absolute atomic E-state index is 12.7.